The van der Waals surface area contributed by atoms with Gasteiger partial charge in [-0.05, 0) is 6.42 Å². The lowest BCUT2D eigenvalue weighted by Gasteiger charge is -2.11. The zero-order valence-electron chi connectivity index (χ0n) is 6.49. The van der Waals surface area contributed by atoms with Gasteiger partial charge < -0.3 is 9.84 Å². The molecule has 62 valence electrons. The molecule has 0 heterocycles. The van der Waals surface area contributed by atoms with E-state index < -0.39 is 6.10 Å². The molecule has 0 aromatic rings. The molecule has 0 spiro atoms. The lowest BCUT2D eigenvalue weighted by molar-refractivity contribution is -0.142. The van der Waals surface area contributed by atoms with Crippen LogP contribution in [0.1, 0.15) is 12.8 Å². The van der Waals surface area contributed by atoms with Gasteiger partial charge in [0, 0.05) is 5.92 Å². The van der Waals surface area contributed by atoms with Crippen LogP contribution in [0.15, 0.2) is 12.2 Å². The molecule has 1 N–H and O–H groups in total. The van der Waals surface area contributed by atoms with Crippen LogP contribution in [0.3, 0.4) is 0 Å². The molecule has 0 fully saturated rings. The van der Waals surface area contributed by atoms with Gasteiger partial charge in [0.1, 0.15) is 0 Å². The molecule has 0 amide bonds. The van der Waals surface area contributed by atoms with Gasteiger partial charge in [-0.15, -0.1) is 0 Å². The molecule has 0 aromatic carbocycles. The Kier molecular flexibility index (Phi) is 2.65. The monoisotopic (exact) mass is 156 g/mol. The van der Waals surface area contributed by atoms with Gasteiger partial charge >= 0.3 is 5.97 Å². The highest BCUT2D eigenvalue weighted by molar-refractivity contribution is 5.69. The summed E-state index contributed by atoms with van der Waals surface area (Å²) in [5, 5.41) is 9.26. The van der Waals surface area contributed by atoms with Crippen molar-refractivity contribution in [3.05, 3.63) is 12.2 Å². The highest BCUT2D eigenvalue weighted by Crippen LogP contribution is 2.21. The third kappa shape index (κ3) is 2.05. The minimum atomic E-state index is -0.394. The number of methoxy groups -OCH3 is 1. The lowest BCUT2D eigenvalue weighted by atomic mass is 10.0. The van der Waals surface area contributed by atoms with Crippen molar-refractivity contribution in [3.8, 4) is 0 Å². The van der Waals surface area contributed by atoms with E-state index in [4.69, 9.17) is 0 Å². The average Bonchev–Trinajstić information content (AvgIpc) is 2.37. The third-order valence-electron chi connectivity index (χ3n) is 1.89. The van der Waals surface area contributed by atoms with Gasteiger partial charge in [0.2, 0.25) is 0 Å². The van der Waals surface area contributed by atoms with E-state index in [0.29, 0.717) is 6.42 Å². The van der Waals surface area contributed by atoms with Crippen LogP contribution >= 0.6 is 0 Å². The largest absolute Gasteiger partial charge is 0.469 e. The fourth-order valence-electron chi connectivity index (χ4n) is 1.18. The summed E-state index contributed by atoms with van der Waals surface area (Å²) in [5.74, 6) is -0.303. The van der Waals surface area contributed by atoms with Gasteiger partial charge in [-0.3, -0.25) is 4.79 Å². The van der Waals surface area contributed by atoms with Gasteiger partial charge in [-0.25, -0.2) is 0 Å². The second-order valence-electron chi connectivity index (χ2n) is 2.68. The lowest BCUT2D eigenvalue weighted by Crippen LogP contribution is -2.17. The zero-order chi connectivity index (χ0) is 8.27. The summed E-state index contributed by atoms with van der Waals surface area (Å²) in [5.41, 5.74) is 0. The Morgan fingerprint density at radius 3 is 3.00 bits per heavy atom. The Morgan fingerprint density at radius 2 is 2.55 bits per heavy atom. The summed E-state index contributed by atoms with van der Waals surface area (Å²) in [7, 11) is 1.35. The molecular formula is C8H12O3. The van der Waals surface area contributed by atoms with Gasteiger partial charge in [0.25, 0.3) is 0 Å². The van der Waals surface area contributed by atoms with E-state index in [1.165, 1.54) is 7.11 Å². The van der Waals surface area contributed by atoms with E-state index in [2.05, 4.69) is 4.74 Å². The topological polar surface area (TPSA) is 46.5 Å². The number of hydrogen-bond acceptors (Lipinski definition) is 3. The van der Waals surface area contributed by atoms with E-state index in [9.17, 15) is 9.90 Å². The van der Waals surface area contributed by atoms with E-state index in [1.807, 2.05) is 12.2 Å². The van der Waals surface area contributed by atoms with Crippen molar-refractivity contribution in [3.63, 3.8) is 0 Å². The molecule has 0 radical (unpaired) electrons. The van der Waals surface area contributed by atoms with Gasteiger partial charge in [0.05, 0.1) is 19.6 Å². The highest BCUT2D eigenvalue weighted by atomic mass is 16.5. The van der Waals surface area contributed by atoms with E-state index in [-0.39, 0.29) is 18.3 Å². The quantitative estimate of drug-likeness (QED) is 0.467. The maximum Gasteiger partial charge on any atom is 0.306 e. The second-order valence-corrected chi connectivity index (χ2v) is 2.68. The Labute approximate surface area is 65.7 Å². The van der Waals surface area contributed by atoms with Crippen molar-refractivity contribution < 1.29 is 14.6 Å². The van der Waals surface area contributed by atoms with Crippen LogP contribution in [0.5, 0.6) is 0 Å². The zero-order valence-corrected chi connectivity index (χ0v) is 6.49. The summed E-state index contributed by atoms with van der Waals surface area (Å²) < 4.78 is 4.48. The van der Waals surface area contributed by atoms with Crippen LogP contribution in [0.25, 0.3) is 0 Å². The second kappa shape index (κ2) is 3.53. The molecule has 1 aliphatic carbocycles. The number of rotatable bonds is 2. The first-order valence-corrected chi connectivity index (χ1v) is 3.65. The highest BCUT2D eigenvalue weighted by Gasteiger charge is 2.22. The first-order chi connectivity index (χ1) is 5.24. The number of carbonyl (C=O) groups excluding carboxylic acids is 1. The van der Waals surface area contributed by atoms with Crippen LogP contribution in [-0.4, -0.2) is 24.3 Å². The number of carbonyl (C=O) groups is 1. The summed E-state index contributed by atoms with van der Waals surface area (Å²) >= 11 is 0. The Hall–Kier alpha value is -0.830. The standard InChI is InChI=1S/C8H12O3/c1-11-8(10)5-6-3-2-4-7(6)9/h2-3,6-7,9H,4-5H2,1H3/t6-,7+/m1/s1. The average molecular weight is 156 g/mol. The molecule has 3 nitrogen and oxygen atoms in total. The van der Waals surface area contributed by atoms with E-state index >= 15 is 0 Å². The number of esters is 1. The summed E-state index contributed by atoms with van der Waals surface area (Å²) in [6, 6.07) is 0. The smallest absolute Gasteiger partial charge is 0.306 e. The minimum absolute atomic E-state index is 0.0394. The van der Waals surface area contributed by atoms with Crippen LogP contribution in [0.4, 0.5) is 0 Å². The van der Waals surface area contributed by atoms with Gasteiger partial charge in [0.15, 0.2) is 0 Å². The van der Waals surface area contributed by atoms with Gasteiger partial charge in [-0.1, -0.05) is 12.2 Å². The van der Waals surface area contributed by atoms with Crippen molar-refractivity contribution in [1.29, 1.82) is 0 Å². The molecule has 1 rings (SSSR count). The normalized spacial score (nSPS) is 28.9. The maximum absolute atomic E-state index is 10.7. The Balaban J connectivity index is 2.36. The molecule has 11 heavy (non-hydrogen) atoms. The van der Waals surface area contributed by atoms with Crippen LogP contribution in [-0.2, 0) is 9.53 Å². The van der Waals surface area contributed by atoms with Crippen molar-refractivity contribution in [1.82, 2.24) is 0 Å². The van der Waals surface area contributed by atoms with Crippen molar-refractivity contribution in [2.75, 3.05) is 7.11 Å². The SMILES string of the molecule is COC(=O)C[C@H]1C=CC[C@@H]1O. The van der Waals surface area contributed by atoms with Crippen molar-refractivity contribution in [2.24, 2.45) is 5.92 Å². The first-order valence-electron chi connectivity index (χ1n) is 3.65. The molecule has 0 saturated carbocycles. The molecule has 0 unspecified atom stereocenters. The molecule has 0 bridgehead atoms. The molecule has 0 aromatic heterocycles. The summed E-state index contributed by atoms with van der Waals surface area (Å²) in [6.45, 7) is 0. The fourth-order valence-corrected chi connectivity index (χ4v) is 1.18. The number of ether oxygens (including phenoxy) is 1. The molecule has 3 heteroatoms. The predicted octanol–water partition coefficient (Wildman–Crippen LogP) is 0.486. The maximum atomic E-state index is 10.7. The first kappa shape index (κ1) is 8.27. The van der Waals surface area contributed by atoms with E-state index in [0.717, 1.165) is 0 Å². The Morgan fingerprint density at radius 1 is 1.82 bits per heavy atom. The summed E-state index contributed by atoms with van der Waals surface area (Å²) in [4.78, 5) is 10.7. The van der Waals surface area contributed by atoms with Crippen LogP contribution in [0, 0.1) is 5.92 Å². The van der Waals surface area contributed by atoms with Crippen molar-refractivity contribution in [2.45, 2.75) is 18.9 Å². The van der Waals surface area contributed by atoms with Crippen molar-refractivity contribution >= 4 is 5.97 Å². The number of aliphatic hydroxyl groups excluding tert-OH is 1. The molecule has 0 saturated heterocycles. The molecule has 2 atom stereocenters. The molecular weight excluding hydrogens is 144 g/mol. The summed E-state index contributed by atoms with van der Waals surface area (Å²) in [6.07, 6.45) is 4.30. The van der Waals surface area contributed by atoms with E-state index in [1.54, 1.807) is 0 Å². The van der Waals surface area contributed by atoms with Gasteiger partial charge in [-0.2, -0.15) is 0 Å². The number of hydrogen-bond donors (Lipinski definition) is 1. The molecule has 0 aliphatic heterocycles. The third-order valence-corrected chi connectivity index (χ3v) is 1.89. The predicted molar refractivity (Wildman–Crippen MR) is 39.9 cm³/mol. The van der Waals surface area contributed by atoms with Crippen LogP contribution < -0.4 is 0 Å². The van der Waals surface area contributed by atoms with Crippen LogP contribution in [0.2, 0.25) is 0 Å². The fraction of sp³-hybridized carbons (Fsp3) is 0.625. The number of aliphatic hydroxyl groups is 1. The minimum Gasteiger partial charge on any atom is -0.469 e. The molecule has 1 aliphatic rings. The Bertz CT molecular complexity index is 174.